The van der Waals surface area contributed by atoms with Gasteiger partial charge in [0.05, 0.1) is 0 Å². The summed E-state index contributed by atoms with van der Waals surface area (Å²) in [5, 5.41) is 11.5. The van der Waals surface area contributed by atoms with Crippen LogP contribution in [0.4, 0.5) is 8.78 Å². The number of hydrogen-bond donors (Lipinski definition) is 3. The van der Waals surface area contributed by atoms with E-state index in [2.05, 4.69) is 5.32 Å². The summed E-state index contributed by atoms with van der Waals surface area (Å²) in [4.78, 5) is 10.6. The van der Waals surface area contributed by atoms with Gasteiger partial charge in [0.25, 0.3) is 0 Å². The quantitative estimate of drug-likeness (QED) is 0.723. The molecule has 0 radical (unpaired) electrons. The molecule has 0 saturated carbocycles. The standard InChI is InChI=1S/C11H14F2N2O2/c1-15-10(5-9(14)11(16)17)6-2-3-7(12)8(13)4-6/h2-4,9-10,15H,5,14H2,1H3,(H,16,17). The molecule has 2 unspecified atom stereocenters. The Morgan fingerprint density at radius 3 is 2.59 bits per heavy atom. The van der Waals surface area contributed by atoms with E-state index >= 15 is 0 Å². The van der Waals surface area contributed by atoms with Crippen molar-refractivity contribution in [1.29, 1.82) is 0 Å². The van der Waals surface area contributed by atoms with E-state index in [9.17, 15) is 13.6 Å². The van der Waals surface area contributed by atoms with Gasteiger partial charge in [-0.3, -0.25) is 4.79 Å². The smallest absolute Gasteiger partial charge is 0.320 e. The maximum absolute atomic E-state index is 13.0. The van der Waals surface area contributed by atoms with Gasteiger partial charge >= 0.3 is 5.97 Å². The molecule has 0 aliphatic heterocycles. The van der Waals surface area contributed by atoms with Crippen LogP contribution in [0.1, 0.15) is 18.0 Å². The molecule has 0 bridgehead atoms. The Morgan fingerprint density at radius 2 is 2.12 bits per heavy atom. The number of rotatable bonds is 5. The fraction of sp³-hybridized carbons (Fsp3) is 0.364. The molecule has 0 aromatic heterocycles. The monoisotopic (exact) mass is 244 g/mol. The number of halogens is 2. The van der Waals surface area contributed by atoms with E-state index in [1.54, 1.807) is 7.05 Å². The topological polar surface area (TPSA) is 75.3 Å². The van der Waals surface area contributed by atoms with Crippen LogP contribution in [0.25, 0.3) is 0 Å². The van der Waals surface area contributed by atoms with Gasteiger partial charge in [0.2, 0.25) is 0 Å². The largest absolute Gasteiger partial charge is 0.480 e. The highest BCUT2D eigenvalue weighted by Crippen LogP contribution is 2.20. The number of nitrogens with two attached hydrogens (primary N) is 1. The van der Waals surface area contributed by atoms with Crippen molar-refractivity contribution in [2.24, 2.45) is 5.73 Å². The minimum atomic E-state index is -1.13. The van der Waals surface area contributed by atoms with Gasteiger partial charge < -0.3 is 16.2 Å². The lowest BCUT2D eigenvalue weighted by Gasteiger charge is -2.18. The summed E-state index contributed by atoms with van der Waals surface area (Å²) in [6.07, 6.45) is 0.0942. The molecule has 4 nitrogen and oxygen atoms in total. The summed E-state index contributed by atoms with van der Waals surface area (Å²) in [5.41, 5.74) is 5.85. The molecule has 17 heavy (non-hydrogen) atoms. The van der Waals surface area contributed by atoms with E-state index < -0.39 is 29.7 Å². The molecule has 94 valence electrons. The second-order valence-corrected chi connectivity index (χ2v) is 3.70. The Kier molecular flexibility index (Phi) is 4.53. The maximum atomic E-state index is 13.0. The summed E-state index contributed by atoms with van der Waals surface area (Å²) in [6.45, 7) is 0. The van der Waals surface area contributed by atoms with Crippen LogP contribution in [-0.2, 0) is 4.79 Å². The van der Waals surface area contributed by atoms with Crippen LogP contribution in [0.5, 0.6) is 0 Å². The zero-order valence-corrected chi connectivity index (χ0v) is 9.28. The summed E-state index contributed by atoms with van der Waals surface area (Å²) >= 11 is 0. The molecule has 0 spiro atoms. The van der Waals surface area contributed by atoms with Crippen LogP contribution in [0.2, 0.25) is 0 Å². The van der Waals surface area contributed by atoms with Gasteiger partial charge in [-0.25, -0.2) is 8.78 Å². The van der Waals surface area contributed by atoms with E-state index in [0.717, 1.165) is 12.1 Å². The van der Waals surface area contributed by atoms with E-state index in [0.29, 0.717) is 5.56 Å². The number of nitrogens with one attached hydrogen (secondary N) is 1. The van der Waals surface area contributed by atoms with E-state index in [-0.39, 0.29) is 6.42 Å². The third kappa shape index (κ3) is 3.47. The van der Waals surface area contributed by atoms with Gasteiger partial charge in [-0.05, 0) is 31.2 Å². The van der Waals surface area contributed by atoms with E-state index in [1.165, 1.54) is 6.07 Å². The van der Waals surface area contributed by atoms with Crippen LogP contribution < -0.4 is 11.1 Å². The van der Waals surface area contributed by atoms with Gasteiger partial charge in [-0.1, -0.05) is 6.07 Å². The molecule has 0 fully saturated rings. The van der Waals surface area contributed by atoms with Gasteiger partial charge in [0.15, 0.2) is 11.6 Å². The number of benzene rings is 1. The lowest BCUT2D eigenvalue weighted by molar-refractivity contribution is -0.138. The zero-order chi connectivity index (χ0) is 13.0. The molecule has 6 heteroatoms. The van der Waals surface area contributed by atoms with Crippen molar-refractivity contribution in [1.82, 2.24) is 5.32 Å². The normalized spacial score (nSPS) is 14.4. The van der Waals surface area contributed by atoms with Crippen LogP contribution in [-0.4, -0.2) is 24.2 Å². The highest BCUT2D eigenvalue weighted by atomic mass is 19.2. The highest BCUT2D eigenvalue weighted by Gasteiger charge is 2.19. The van der Waals surface area contributed by atoms with Crippen molar-refractivity contribution >= 4 is 5.97 Å². The highest BCUT2D eigenvalue weighted by molar-refractivity contribution is 5.73. The Morgan fingerprint density at radius 1 is 1.47 bits per heavy atom. The van der Waals surface area contributed by atoms with Crippen LogP contribution in [0.15, 0.2) is 18.2 Å². The maximum Gasteiger partial charge on any atom is 0.320 e. The average Bonchev–Trinajstić information content (AvgIpc) is 2.29. The minimum Gasteiger partial charge on any atom is -0.480 e. The van der Waals surface area contributed by atoms with Gasteiger partial charge in [0.1, 0.15) is 6.04 Å². The third-order valence-electron chi connectivity index (χ3n) is 2.50. The molecule has 0 aliphatic carbocycles. The lowest BCUT2D eigenvalue weighted by atomic mass is 9.99. The molecule has 0 heterocycles. The molecule has 0 saturated heterocycles. The van der Waals surface area contributed by atoms with Crippen LogP contribution >= 0.6 is 0 Å². The first-order valence-electron chi connectivity index (χ1n) is 5.06. The van der Waals surface area contributed by atoms with Crippen LogP contribution in [0, 0.1) is 11.6 Å². The molecular weight excluding hydrogens is 230 g/mol. The van der Waals surface area contributed by atoms with Crippen molar-refractivity contribution in [2.75, 3.05) is 7.05 Å². The number of hydrogen-bond acceptors (Lipinski definition) is 3. The van der Waals surface area contributed by atoms with Crippen LogP contribution in [0.3, 0.4) is 0 Å². The summed E-state index contributed by atoms with van der Waals surface area (Å²) in [7, 11) is 1.60. The second kappa shape index (κ2) is 5.70. The van der Waals surface area contributed by atoms with Crippen molar-refractivity contribution < 1.29 is 18.7 Å². The first kappa shape index (κ1) is 13.5. The van der Waals surface area contributed by atoms with Crippen molar-refractivity contribution in [3.63, 3.8) is 0 Å². The molecule has 2 atom stereocenters. The van der Waals surface area contributed by atoms with Gasteiger partial charge in [-0.15, -0.1) is 0 Å². The molecule has 4 N–H and O–H groups in total. The number of carboxylic acids is 1. The first-order valence-corrected chi connectivity index (χ1v) is 5.06. The summed E-state index contributed by atoms with van der Waals surface area (Å²) in [6, 6.07) is 1.94. The average molecular weight is 244 g/mol. The Balaban J connectivity index is 2.86. The molecule has 0 amide bonds. The van der Waals surface area contributed by atoms with Crippen molar-refractivity contribution in [3.05, 3.63) is 35.4 Å². The number of carboxylic acid groups (broad SMARTS) is 1. The molecule has 1 aromatic carbocycles. The predicted molar refractivity (Wildman–Crippen MR) is 58.4 cm³/mol. The van der Waals surface area contributed by atoms with Crippen molar-refractivity contribution in [3.8, 4) is 0 Å². The summed E-state index contributed by atoms with van der Waals surface area (Å²) < 4.78 is 25.8. The molecule has 1 rings (SSSR count). The molecular formula is C11H14F2N2O2. The Hall–Kier alpha value is -1.53. The third-order valence-corrected chi connectivity index (χ3v) is 2.50. The second-order valence-electron chi connectivity index (χ2n) is 3.70. The Labute approximate surface area is 97.4 Å². The zero-order valence-electron chi connectivity index (χ0n) is 9.28. The SMILES string of the molecule is CNC(CC(N)C(=O)O)c1ccc(F)c(F)c1. The predicted octanol–water partition coefficient (Wildman–Crippen LogP) is 1.03. The fourth-order valence-electron chi connectivity index (χ4n) is 1.50. The van der Waals surface area contributed by atoms with E-state index in [1.807, 2.05) is 0 Å². The van der Waals surface area contributed by atoms with Gasteiger partial charge in [-0.2, -0.15) is 0 Å². The van der Waals surface area contributed by atoms with Gasteiger partial charge in [0, 0.05) is 6.04 Å². The minimum absolute atomic E-state index is 0.0942. The molecule has 0 aliphatic rings. The fourth-order valence-corrected chi connectivity index (χ4v) is 1.50. The molecule has 1 aromatic rings. The van der Waals surface area contributed by atoms with E-state index in [4.69, 9.17) is 10.8 Å². The first-order chi connectivity index (χ1) is 7.95. The lowest BCUT2D eigenvalue weighted by Crippen LogP contribution is -2.34. The Bertz CT molecular complexity index is 412. The van der Waals surface area contributed by atoms with Crippen molar-refractivity contribution in [2.45, 2.75) is 18.5 Å². The number of aliphatic carboxylic acids is 1. The number of carbonyl (C=O) groups is 1. The summed E-state index contributed by atoms with van der Waals surface area (Å²) in [5.74, 6) is -3.04.